The Bertz CT molecular complexity index is 474. The Kier molecular flexibility index (Phi) is 2.76. The molecule has 1 N–H and O–H groups in total. The van der Waals surface area contributed by atoms with Crippen LogP contribution in [-0.4, -0.2) is 11.3 Å². The maximum absolute atomic E-state index is 11.7. The minimum atomic E-state index is 0.0614. The van der Waals surface area contributed by atoms with Gasteiger partial charge in [0.2, 0.25) is 0 Å². The minimum Gasteiger partial charge on any atom is -0.379 e. The highest BCUT2D eigenvalue weighted by Crippen LogP contribution is 2.41. The van der Waals surface area contributed by atoms with Crippen LogP contribution in [0, 0.1) is 6.92 Å². The Morgan fingerprint density at radius 2 is 2.06 bits per heavy atom. The van der Waals surface area contributed by atoms with Crippen molar-refractivity contribution < 1.29 is 4.79 Å². The average Bonchev–Trinajstić information content (AvgIpc) is 2.17. The van der Waals surface area contributed by atoms with Crippen LogP contribution < -0.4 is 5.32 Å². The number of ketones is 1. The lowest BCUT2D eigenvalue weighted by Gasteiger charge is -2.38. The molecule has 0 spiro atoms. The number of fused-ring (bicyclic) bond motifs is 1. The molecule has 1 heterocycles. The number of hydrogen-bond donors (Lipinski definition) is 1. The number of nitrogens with one attached hydrogen (secondary N) is 1. The molecule has 0 fully saturated rings. The summed E-state index contributed by atoms with van der Waals surface area (Å²) in [6.45, 7) is 10.3. The second kappa shape index (κ2) is 3.86. The van der Waals surface area contributed by atoms with Gasteiger partial charge in [-0.1, -0.05) is 13.0 Å². The first kappa shape index (κ1) is 12.2. The fraction of sp³-hybridized carbons (Fsp3) is 0.533. The van der Waals surface area contributed by atoms with Crippen LogP contribution in [0.1, 0.15) is 61.5 Å². The van der Waals surface area contributed by atoms with Crippen molar-refractivity contribution >= 4 is 11.5 Å². The molecule has 1 aliphatic heterocycles. The van der Waals surface area contributed by atoms with Crippen LogP contribution in [0.3, 0.4) is 0 Å². The van der Waals surface area contributed by atoms with E-state index in [-0.39, 0.29) is 11.3 Å². The summed E-state index contributed by atoms with van der Waals surface area (Å²) in [6, 6.07) is 4.19. The van der Waals surface area contributed by atoms with Gasteiger partial charge in [0.1, 0.15) is 0 Å². The predicted octanol–water partition coefficient (Wildman–Crippen LogP) is 3.90. The summed E-state index contributed by atoms with van der Waals surface area (Å²) in [5, 5.41) is 3.52. The van der Waals surface area contributed by atoms with Gasteiger partial charge >= 0.3 is 0 Å². The maximum atomic E-state index is 11.7. The summed E-state index contributed by atoms with van der Waals surface area (Å²) in [7, 11) is 0. The zero-order valence-corrected chi connectivity index (χ0v) is 11.3. The highest BCUT2D eigenvalue weighted by atomic mass is 16.1. The molecule has 0 saturated heterocycles. The lowest BCUT2D eigenvalue weighted by molar-refractivity contribution is 0.101. The molecule has 1 aromatic carbocycles. The van der Waals surface area contributed by atoms with Gasteiger partial charge in [0.25, 0.3) is 0 Å². The van der Waals surface area contributed by atoms with Crippen LogP contribution in [0.15, 0.2) is 12.1 Å². The number of anilines is 1. The lowest BCUT2D eigenvalue weighted by Crippen LogP contribution is -2.37. The highest BCUT2D eigenvalue weighted by Gasteiger charge is 2.31. The van der Waals surface area contributed by atoms with E-state index in [9.17, 15) is 4.79 Å². The molecule has 0 unspecified atom stereocenters. The van der Waals surface area contributed by atoms with E-state index >= 15 is 0 Å². The normalized spacial score (nSPS) is 21.6. The standard InChI is InChI=1S/C15H21NO/c1-9-6-12-10(2)8-15(4,5)16-14(12)13(7-9)11(3)17/h6-7,10,16H,8H2,1-5H3/t10-/m1/s1. The van der Waals surface area contributed by atoms with Crippen molar-refractivity contribution in [1.29, 1.82) is 0 Å². The van der Waals surface area contributed by atoms with Crippen molar-refractivity contribution in [1.82, 2.24) is 0 Å². The first-order valence-corrected chi connectivity index (χ1v) is 6.24. The molecular weight excluding hydrogens is 210 g/mol. The van der Waals surface area contributed by atoms with Gasteiger partial charge in [-0.3, -0.25) is 4.79 Å². The molecule has 92 valence electrons. The van der Waals surface area contributed by atoms with Crippen LogP contribution in [0.5, 0.6) is 0 Å². The smallest absolute Gasteiger partial charge is 0.161 e. The summed E-state index contributed by atoms with van der Waals surface area (Å²) in [5.41, 5.74) is 4.40. The topological polar surface area (TPSA) is 29.1 Å². The van der Waals surface area contributed by atoms with E-state index in [1.807, 2.05) is 6.07 Å². The first-order valence-electron chi connectivity index (χ1n) is 6.24. The van der Waals surface area contributed by atoms with Crippen LogP contribution in [0.25, 0.3) is 0 Å². The van der Waals surface area contributed by atoms with Crippen LogP contribution >= 0.6 is 0 Å². The fourth-order valence-corrected chi connectivity index (χ4v) is 2.89. The third-order valence-corrected chi connectivity index (χ3v) is 3.50. The Morgan fingerprint density at radius 1 is 1.41 bits per heavy atom. The first-order chi connectivity index (χ1) is 7.80. The zero-order chi connectivity index (χ0) is 12.8. The van der Waals surface area contributed by atoms with E-state index in [4.69, 9.17) is 0 Å². The van der Waals surface area contributed by atoms with Gasteiger partial charge in [0.05, 0.1) is 0 Å². The van der Waals surface area contributed by atoms with E-state index in [1.165, 1.54) is 11.1 Å². The number of hydrogen-bond acceptors (Lipinski definition) is 2. The van der Waals surface area contributed by atoms with Crippen molar-refractivity contribution in [3.63, 3.8) is 0 Å². The van der Waals surface area contributed by atoms with Crippen molar-refractivity contribution in [3.05, 3.63) is 28.8 Å². The van der Waals surface area contributed by atoms with Gasteiger partial charge in [-0.15, -0.1) is 0 Å². The molecule has 2 heteroatoms. The van der Waals surface area contributed by atoms with E-state index in [0.29, 0.717) is 5.92 Å². The van der Waals surface area contributed by atoms with Crippen LogP contribution in [0.2, 0.25) is 0 Å². The highest BCUT2D eigenvalue weighted by molar-refractivity contribution is 6.01. The molecular formula is C15H21NO. The summed E-state index contributed by atoms with van der Waals surface area (Å²) in [6.07, 6.45) is 1.10. The Morgan fingerprint density at radius 3 is 2.65 bits per heavy atom. The van der Waals surface area contributed by atoms with Gasteiger partial charge in [0.15, 0.2) is 5.78 Å². The summed E-state index contributed by atoms with van der Waals surface area (Å²) in [4.78, 5) is 11.7. The quantitative estimate of drug-likeness (QED) is 0.743. The molecule has 2 rings (SSSR count). The van der Waals surface area contributed by atoms with Gasteiger partial charge in [-0.2, -0.15) is 0 Å². The third-order valence-electron chi connectivity index (χ3n) is 3.50. The van der Waals surface area contributed by atoms with Crippen molar-refractivity contribution in [2.24, 2.45) is 0 Å². The third kappa shape index (κ3) is 2.21. The Hall–Kier alpha value is -1.31. The van der Waals surface area contributed by atoms with Gasteiger partial charge < -0.3 is 5.32 Å². The van der Waals surface area contributed by atoms with Gasteiger partial charge in [-0.05, 0) is 57.2 Å². The van der Waals surface area contributed by atoms with Crippen molar-refractivity contribution in [3.8, 4) is 0 Å². The van der Waals surface area contributed by atoms with Crippen LogP contribution in [0.4, 0.5) is 5.69 Å². The number of carbonyl (C=O) groups is 1. The van der Waals surface area contributed by atoms with Crippen LogP contribution in [-0.2, 0) is 0 Å². The molecule has 0 bridgehead atoms. The fourth-order valence-electron chi connectivity index (χ4n) is 2.89. The zero-order valence-electron chi connectivity index (χ0n) is 11.3. The molecule has 17 heavy (non-hydrogen) atoms. The van der Waals surface area contributed by atoms with E-state index in [2.05, 4.69) is 39.1 Å². The summed E-state index contributed by atoms with van der Waals surface area (Å²) < 4.78 is 0. The SMILES string of the molecule is CC(=O)c1cc(C)cc2c1NC(C)(C)C[C@H]2C. The lowest BCUT2D eigenvalue weighted by atomic mass is 9.80. The summed E-state index contributed by atoms with van der Waals surface area (Å²) >= 11 is 0. The second-order valence-electron chi connectivity index (χ2n) is 5.95. The van der Waals surface area contributed by atoms with Crippen molar-refractivity contribution in [2.75, 3.05) is 5.32 Å². The van der Waals surface area contributed by atoms with Gasteiger partial charge in [-0.25, -0.2) is 0 Å². The largest absolute Gasteiger partial charge is 0.379 e. The number of carbonyl (C=O) groups excluding carboxylic acids is 1. The summed E-state index contributed by atoms with van der Waals surface area (Å²) in [5.74, 6) is 0.640. The molecule has 0 aliphatic carbocycles. The molecule has 0 saturated carbocycles. The number of aryl methyl sites for hydroxylation is 1. The maximum Gasteiger partial charge on any atom is 0.161 e. The number of Topliss-reactive ketones (excluding diaryl/α,β-unsaturated/α-hetero) is 1. The average molecular weight is 231 g/mol. The number of benzene rings is 1. The van der Waals surface area contributed by atoms with E-state index in [0.717, 1.165) is 17.7 Å². The molecule has 0 amide bonds. The second-order valence-corrected chi connectivity index (χ2v) is 5.95. The molecule has 0 radical (unpaired) electrons. The van der Waals surface area contributed by atoms with Gasteiger partial charge in [0, 0.05) is 16.8 Å². The van der Waals surface area contributed by atoms with E-state index in [1.54, 1.807) is 6.92 Å². The van der Waals surface area contributed by atoms with Crippen molar-refractivity contribution in [2.45, 2.75) is 52.5 Å². The molecule has 1 aliphatic rings. The van der Waals surface area contributed by atoms with E-state index < -0.39 is 0 Å². The molecule has 1 atom stereocenters. The number of rotatable bonds is 1. The Balaban J connectivity index is 2.63. The molecule has 0 aromatic heterocycles. The molecule has 1 aromatic rings. The monoisotopic (exact) mass is 231 g/mol. The molecule has 2 nitrogen and oxygen atoms in total. The minimum absolute atomic E-state index is 0.0614. The predicted molar refractivity (Wildman–Crippen MR) is 71.9 cm³/mol. The Labute approximate surface area is 103 Å².